The Hall–Kier alpha value is -2.64. The summed E-state index contributed by atoms with van der Waals surface area (Å²) in [5, 5.41) is 0. The lowest BCUT2D eigenvalue weighted by molar-refractivity contribution is 0.0992. The highest BCUT2D eigenvalue weighted by molar-refractivity contribution is 6.05. The van der Waals surface area contributed by atoms with Gasteiger partial charge in [-0.25, -0.2) is 4.39 Å². The molecular formula is C17H15FN2O. The summed E-state index contributed by atoms with van der Waals surface area (Å²) < 4.78 is 13.7. The Balaban J connectivity index is 2.22. The summed E-state index contributed by atoms with van der Waals surface area (Å²) in [6.07, 6.45) is 0. The van der Waals surface area contributed by atoms with E-state index < -0.39 is 5.82 Å². The second kappa shape index (κ2) is 6.69. The van der Waals surface area contributed by atoms with Crippen molar-refractivity contribution in [1.29, 1.82) is 0 Å². The zero-order valence-electron chi connectivity index (χ0n) is 11.6. The Morgan fingerprint density at radius 2 is 1.86 bits per heavy atom. The van der Waals surface area contributed by atoms with Crippen molar-refractivity contribution in [3.63, 3.8) is 0 Å². The molecule has 1 amide bonds. The van der Waals surface area contributed by atoms with Gasteiger partial charge in [-0.1, -0.05) is 24.0 Å². The van der Waals surface area contributed by atoms with Gasteiger partial charge in [0.05, 0.1) is 12.2 Å². The largest absolute Gasteiger partial charge is 0.320 e. The molecule has 0 aliphatic rings. The number of nitrogens with zero attached hydrogens (tertiary/aromatic N) is 1. The minimum Gasteiger partial charge on any atom is -0.320 e. The fraction of sp³-hybridized carbons (Fsp3) is 0.118. The Labute approximate surface area is 123 Å². The summed E-state index contributed by atoms with van der Waals surface area (Å²) in [7, 11) is 1.54. The summed E-state index contributed by atoms with van der Waals surface area (Å²) in [6.45, 7) is 0.288. The summed E-state index contributed by atoms with van der Waals surface area (Å²) in [6, 6.07) is 13.0. The highest BCUT2D eigenvalue weighted by atomic mass is 19.1. The van der Waals surface area contributed by atoms with Crippen LogP contribution in [0.3, 0.4) is 0 Å². The van der Waals surface area contributed by atoms with E-state index in [0.29, 0.717) is 5.56 Å². The van der Waals surface area contributed by atoms with Gasteiger partial charge < -0.3 is 10.6 Å². The van der Waals surface area contributed by atoms with Crippen LogP contribution < -0.4 is 10.6 Å². The third kappa shape index (κ3) is 3.47. The first-order valence-electron chi connectivity index (χ1n) is 6.45. The molecule has 0 saturated heterocycles. The van der Waals surface area contributed by atoms with Crippen molar-refractivity contribution < 1.29 is 9.18 Å². The van der Waals surface area contributed by atoms with E-state index in [-0.39, 0.29) is 18.1 Å². The lowest BCUT2D eigenvalue weighted by Gasteiger charge is -2.18. The second-order valence-electron chi connectivity index (χ2n) is 4.40. The predicted molar refractivity (Wildman–Crippen MR) is 81.5 cm³/mol. The second-order valence-corrected chi connectivity index (χ2v) is 4.40. The predicted octanol–water partition coefficient (Wildman–Crippen LogP) is 2.41. The number of rotatable bonds is 2. The van der Waals surface area contributed by atoms with Gasteiger partial charge in [-0.3, -0.25) is 4.79 Å². The number of carbonyl (C=O) groups excluding carboxylic acids is 1. The molecule has 0 atom stereocenters. The van der Waals surface area contributed by atoms with E-state index in [1.54, 1.807) is 49.5 Å². The van der Waals surface area contributed by atoms with Gasteiger partial charge in [0, 0.05) is 18.2 Å². The Morgan fingerprint density at radius 1 is 1.19 bits per heavy atom. The molecular weight excluding hydrogens is 267 g/mol. The molecule has 0 aromatic heterocycles. The van der Waals surface area contributed by atoms with Gasteiger partial charge in [0.15, 0.2) is 0 Å². The molecule has 0 aliphatic heterocycles. The number of para-hydroxylation sites is 1. The first kappa shape index (κ1) is 14.8. The van der Waals surface area contributed by atoms with Gasteiger partial charge in [0.1, 0.15) is 5.82 Å². The quantitative estimate of drug-likeness (QED) is 0.860. The SMILES string of the molecule is CN(C(=O)c1ccc(C#CCN)cc1)c1ccccc1F. The van der Waals surface area contributed by atoms with E-state index in [1.807, 2.05) is 0 Å². The fourth-order valence-electron chi connectivity index (χ4n) is 1.88. The van der Waals surface area contributed by atoms with Crippen LogP contribution in [0.15, 0.2) is 48.5 Å². The maximum absolute atomic E-state index is 13.7. The van der Waals surface area contributed by atoms with Crippen LogP contribution in [0.5, 0.6) is 0 Å². The molecule has 0 heterocycles. The van der Waals surface area contributed by atoms with Gasteiger partial charge in [-0.2, -0.15) is 0 Å². The summed E-state index contributed by atoms with van der Waals surface area (Å²) in [4.78, 5) is 13.6. The molecule has 4 heteroatoms. The van der Waals surface area contributed by atoms with E-state index in [1.165, 1.54) is 11.0 Å². The van der Waals surface area contributed by atoms with Crippen LogP contribution in [0.25, 0.3) is 0 Å². The normalized spacial score (nSPS) is 9.67. The van der Waals surface area contributed by atoms with E-state index in [4.69, 9.17) is 5.73 Å². The fourth-order valence-corrected chi connectivity index (χ4v) is 1.88. The van der Waals surface area contributed by atoms with Gasteiger partial charge in [0.2, 0.25) is 0 Å². The first-order chi connectivity index (χ1) is 10.1. The van der Waals surface area contributed by atoms with Crippen LogP contribution in [0.2, 0.25) is 0 Å². The van der Waals surface area contributed by atoms with Gasteiger partial charge in [0.25, 0.3) is 5.91 Å². The van der Waals surface area contributed by atoms with Crippen molar-refractivity contribution >= 4 is 11.6 Å². The Morgan fingerprint density at radius 3 is 2.48 bits per heavy atom. The van der Waals surface area contributed by atoms with Crippen LogP contribution in [0.1, 0.15) is 15.9 Å². The van der Waals surface area contributed by atoms with Crippen LogP contribution in [-0.4, -0.2) is 19.5 Å². The van der Waals surface area contributed by atoms with Crippen LogP contribution in [0, 0.1) is 17.7 Å². The molecule has 2 aromatic carbocycles. The molecule has 0 unspecified atom stereocenters. The van der Waals surface area contributed by atoms with Crippen molar-refractivity contribution in [3.8, 4) is 11.8 Å². The lowest BCUT2D eigenvalue weighted by Crippen LogP contribution is -2.27. The van der Waals surface area contributed by atoms with Crippen molar-refractivity contribution in [2.75, 3.05) is 18.5 Å². The van der Waals surface area contributed by atoms with E-state index >= 15 is 0 Å². The van der Waals surface area contributed by atoms with Crippen molar-refractivity contribution in [2.24, 2.45) is 5.73 Å². The van der Waals surface area contributed by atoms with Gasteiger partial charge in [-0.05, 0) is 36.4 Å². The lowest BCUT2D eigenvalue weighted by atomic mass is 10.1. The monoisotopic (exact) mass is 282 g/mol. The van der Waals surface area contributed by atoms with Crippen LogP contribution in [0.4, 0.5) is 10.1 Å². The molecule has 0 saturated carbocycles. The smallest absolute Gasteiger partial charge is 0.258 e. The maximum atomic E-state index is 13.7. The summed E-state index contributed by atoms with van der Waals surface area (Å²) in [5.41, 5.74) is 6.80. The average molecular weight is 282 g/mol. The van der Waals surface area contributed by atoms with E-state index in [2.05, 4.69) is 11.8 Å². The topological polar surface area (TPSA) is 46.3 Å². The summed E-state index contributed by atoms with van der Waals surface area (Å²) >= 11 is 0. The zero-order valence-corrected chi connectivity index (χ0v) is 11.6. The van der Waals surface area contributed by atoms with Crippen molar-refractivity contribution in [2.45, 2.75) is 0 Å². The van der Waals surface area contributed by atoms with Gasteiger partial charge in [-0.15, -0.1) is 0 Å². The van der Waals surface area contributed by atoms with E-state index in [0.717, 1.165) is 5.56 Å². The highest BCUT2D eigenvalue weighted by Gasteiger charge is 2.15. The molecule has 2 rings (SSSR count). The minimum atomic E-state index is -0.432. The number of hydrogen-bond acceptors (Lipinski definition) is 2. The molecule has 106 valence electrons. The molecule has 0 radical (unpaired) electrons. The standard InChI is InChI=1S/C17H15FN2O/c1-20(16-7-3-2-6-15(16)18)17(21)14-10-8-13(9-11-14)5-4-12-19/h2-3,6-11H,12,19H2,1H3. The summed E-state index contributed by atoms with van der Waals surface area (Å²) in [5.74, 6) is 4.91. The number of benzene rings is 2. The number of nitrogens with two attached hydrogens (primary N) is 1. The van der Waals surface area contributed by atoms with E-state index in [9.17, 15) is 9.18 Å². The molecule has 3 nitrogen and oxygen atoms in total. The van der Waals surface area contributed by atoms with Crippen LogP contribution in [-0.2, 0) is 0 Å². The highest BCUT2D eigenvalue weighted by Crippen LogP contribution is 2.19. The van der Waals surface area contributed by atoms with Crippen molar-refractivity contribution in [3.05, 3.63) is 65.5 Å². The Bertz CT molecular complexity index is 699. The first-order valence-corrected chi connectivity index (χ1v) is 6.45. The molecule has 0 spiro atoms. The molecule has 21 heavy (non-hydrogen) atoms. The molecule has 2 N–H and O–H groups in total. The average Bonchev–Trinajstić information content (AvgIpc) is 2.52. The molecule has 0 aliphatic carbocycles. The number of halogens is 1. The number of carbonyl (C=O) groups is 1. The number of amides is 1. The number of hydrogen-bond donors (Lipinski definition) is 1. The van der Waals surface area contributed by atoms with Gasteiger partial charge >= 0.3 is 0 Å². The van der Waals surface area contributed by atoms with Crippen LogP contribution >= 0.6 is 0 Å². The molecule has 0 fully saturated rings. The van der Waals surface area contributed by atoms with Crippen molar-refractivity contribution in [1.82, 2.24) is 0 Å². The zero-order chi connectivity index (χ0) is 15.2. The molecule has 0 bridgehead atoms. The molecule has 2 aromatic rings. The Kier molecular flexibility index (Phi) is 4.70. The third-order valence-corrected chi connectivity index (χ3v) is 2.99. The number of anilines is 1. The minimum absolute atomic E-state index is 0.245. The maximum Gasteiger partial charge on any atom is 0.258 e. The third-order valence-electron chi connectivity index (χ3n) is 2.99.